The highest BCUT2D eigenvalue weighted by molar-refractivity contribution is 7.99. The van der Waals surface area contributed by atoms with Crippen LogP contribution in [0.25, 0.3) is 11.4 Å². The van der Waals surface area contributed by atoms with Gasteiger partial charge in [0.1, 0.15) is 5.75 Å². The number of ether oxygens (including phenoxy) is 1. The van der Waals surface area contributed by atoms with Crippen LogP contribution in [0, 0.1) is 0 Å². The summed E-state index contributed by atoms with van der Waals surface area (Å²) in [4.78, 5) is 14.5. The number of para-hydroxylation sites is 1. The molecule has 1 heterocycles. The molecule has 0 atom stereocenters. The number of benzene rings is 1. The standard InChI is InChI=1S/C19H25N5O2S/c1-3-23(14-9-5-4-6-10-14)17(25)13-27-19-22-21-18(24(19)20)15-11-7-8-12-16(15)26-2/h7-9,11-12H,3-6,10,13,20H2,1-2H3. The fourth-order valence-corrected chi connectivity index (χ4v) is 3.93. The van der Waals surface area contributed by atoms with Crippen LogP contribution in [0.3, 0.4) is 0 Å². The summed E-state index contributed by atoms with van der Waals surface area (Å²) in [6.07, 6.45) is 6.54. The molecule has 1 amide bonds. The summed E-state index contributed by atoms with van der Waals surface area (Å²) in [7, 11) is 1.60. The first-order valence-electron chi connectivity index (χ1n) is 9.11. The van der Waals surface area contributed by atoms with Gasteiger partial charge in [-0.25, -0.2) is 4.68 Å². The maximum absolute atomic E-state index is 12.7. The Morgan fingerprint density at radius 3 is 2.85 bits per heavy atom. The lowest BCUT2D eigenvalue weighted by atomic mass is 10.0. The van der Waals surface area contributed by atoms with Crippen LogP contribution in [-0.2, 0) is 4.79 Å². The summed E-state index contributed by atoms with van der Waals surface area (Å²) in [5.74, 6) is 7.69. The number of rotatable bonds is 7. The zero-order valence-corrected chi connectivity index (χ0v) is 16.5. The van der Waals surface area contributed by atoms with Gasteiger partial charge in [-0.05, 0) is 44.7 Å². The number of nitrogen functional groups attached to an aromatic ring is 1. The number of allylic oxidation sites excluding steroid dienone is 2. The van der Waals surface area contributed by atoms with E-state index >= 15 is 0 Å². The van der Waals surface area contributed by atoms with Gasteiger partial charge in [-0.15, -0.1) is 10.2 Å². The fourth-order valence-electron chi connectivity index (χ4n) is 3.20. The molecule has 1 aliphatic rings. The van der Waals surface area contributed by atoms with Crippen LogP contribution >= 0.6 is 11.8 Å². The molecule has 0 unspecified atom stereocenters. The Kier molecular flexibility index (Phi) is 6.39. The van der Waals surface area contributed by atoms with E-state index in [9.17, 15) is 4.79 Å². The summed E-state index contributed by atoms with van der Waals surface area (Å²) in [5, 5.41) is 8.82. The summed E-state index contributed by atoms with van der Waals surface area (Å²) in [5.41, 5.74) is 1.90. The highest BCUT2D eigenvalue weighted by atomic mass is 32.2. The zero-order valence-electron chi connectivity index (χ0n) is 15.7. The second-order valence-corrected chi connectivity index (χ2v) is 7.19. The Bertz CT molecular complexity index is 833. The molecule has 0 spiro atoms. The van der Waals surface area contributed by atoms with Crippen molar-refractivity contribution in [2.45, 2.75) is 37.8 Å². The number of hydrogen-bond acceptors (Lipinski definition) is 6. The smallest absolute Gasteiger partial charge is 0.237 e. The number of nitrogens with zero attached hydrogens (tertiary/aromatic N) is 4. The minimum absolute atomic E-state index is 0.0671. The molecule has 7 nitrogen and oxygen atoms in total. The molecule has 0 saturated heterocycles. The van der Waals surface area contributed by atoms with Crippen molar-refractivity contribution >= 4 is 17.7 Å². The average Bonchev–Trinajstić information content (AvgIpc) is 3.08. The van der Waals surface area contributed by atoms with Gasteiger partial charge in [0.2, 0.25) is 11.1 Å². The van der Waals surface area contributed by atoms with E-state index < -0.39 is 0 Å². The van der Waals surface area contributed by atoms with Gasteiger partial charge in [-0.3, -0.25) is 4.79 Å². The molecule has 0 fully saturated rings. The average molecular weight is 388 g/mol. The van der Waals surface area contributed by atoms with E-state index in [1.807, 2.05) is 36.1 Å². The van der Waals surface area contributed by atoms with Gasteiger partial charge in [0.25, 0.3) is 0 Å². The largest absolute Gasteiger partial charge is 0.496 e. The third-order valence-corrected chi connectivity index (χ3v) is 5.50. The maximum Gasteiger partial charge on any atom is 0.237 e. The Morgan fingerprint density at radius 2 is 2.15 bits per heavy atom. The first kappa shape index (κ1) is 19.3. The lowest BCUT2D eigenvalue weighted by Crippen LogP contribution is -2.32. The molecule has 8 heteroatoms. The predicted molar refractivity (Wildman–Crippen MR) is 107 cm³/mol. The van der Waals surface area contributed by atoms with Gasteiger partial charge >= 0.3 is 0 Å². The van der Waals surface area contributed by atoms with Gasteiger partial charge in [0, 0.05) is 12.2 Å². The highest BCUT2D eigenvalue weighted by Gasteiger charge is 2.20. The molecular weight excluding hydrogens is 362 g/mol. The number of hydrogen-bond donors (Lipinski definition) is 1. The molecular formula is C19H25N5O2S. The van der Waals surface area contributed by atoms with Crippen molar-refractivity contribution < 1.29 is 9.53 Å². The zero-order chi connectivity index (χ0) is 19.2. The third-order valence-electron chi connectivity index (χ3n) is 4.57. The normalized spacial score (nSPS) is 13.9. The molecule has 2 N–H and O–H groups in total. The quantitative estimate of drug-likeness (QED) is 0.580. The summed E-state index contributed by atoms with van der Waals surface area (Å²) in [6, 6.07) is 7.49. The van der Waals surface area contributed by atoms with Crippen LogP contribution in [0.4, 0.5) is 0 Å². The van der Waals surface area contributed by atoms with Gasteiger partial charge in [0.15, 0.2) is 5.82 Å². The number of nitrogens with two attached hydrogens (primary N) is 1. The monoisotopic (exact) mass is 387 g/mol. The number of thioether (sulfide) groups is 1. The van der Waals surface area contributed by atoms with Crippen LogP contribution in [0.15, 0.2) is 41.2 Å². The number of carbonyl (C=O) groups excluding carboxylic acids is 1. The summed E-state index contributed by atoms with van der Waals surface area (Å²) < 4.78 is 6.77. The second-order valence-electron chi connectivity index (χ2n) is 6.24. The highest BCUT2D eigenvalue weighted by Crippen LogP contribution is 2.29. The molecule has 144 valence electrons. The van der Waals surface area contributed by atoms with Crippen LogP contribution in [0.1, 0.15) is 32.6 Å². The van der Waals surface area contributed by atoms with E-state index in [0.29, 0.717) is 23.3 Å². The molecule has 1 aromatic carbocycles. The van der Waals surface area contributed by atoms with Crippen molar-refractivity contribution in [2.24, 2.45) is 0 Å². The lowest BCUT2D eigenvalue weighted by Gasteiger charge is -2.26. The number of aromatic nitrogens is 3. The molecule has 0 aliphatic heterocycles. The first-order chi connectivity index (χ1) is 13.2. The molecule has 27 heavy (non-hydrogen) atoms. The van der Waals surface area contributed by atoms with E-state index in [2.05, 4.69) is 16.3 Å². The van der Waals surface area contributed by atoms with Gasteiger partial charge < -0.3 is 15.5 Å². The van der Waals surface area contributed by atoms with Gasteiger partial charge in [-0.1, -0.05) is 30.0 Å². The number of carbonyl (C=O) groups is 1. The Morgan fingerprint density at radius 1 is 1.33 bits per heavy atom. The summed E-state index contributed by atoms with van der Waals surface area (Å²) >= 11 is 1.30. The van der Waals surface area contributed by atoms with Crippen molar-refractivity contribution in [3.8, 4) is 17.1 Å². The van der Waals surface area contributed by atoms with Crippen molar-refractivity contribution in [3.05, 3.63) is 36.0 Å². The van der Waals surface area contributed by atoms with Crippen LogP contribution < -0.4 is 10.6 Å². The Hall–Kier alpha value is -2.48. The minimum Gasteiger partial charge on any atom is -0.496 e. The van der Waals surface area contributed by atoms with Gasteiger partial charge in [-0.2, -0.15) is 0 Å². The summed E-state index contributed by atoms with van der Waals surface area (Å²) in [6.45, 7) is 2.68. The van der Waals surface area contributed by atoms with Crippen LogP contribution in [-0.4, -0.2) is 45.1 Å². The molecule has 1 aliphatic carbocycles. The Labute approximate surface area is 163 Å². The lowest BCUT2D eigenvalue weighted by molar-refractivity contribution is -0.126. The molecule has 2 aromatic rings. The van der Waals surface area contributed by atoms with E-state index in [0.717, 1.165) is 30.5 Å². The first-order valence-corrected chi connectivity index (χ1v) is 10.1. The van der Waals surface area contributed by atoms with Gasteiger partial charge in [0.05, 0.1) is 18.4 Å². The Balaban J connectivity index is 1.71. The van der Waals surface area contributed by atoms with Crippen LogP contribution in [0.2, 0.25) is 0 Å². The van der Waals surface area contributed by atoms with Crippen molar-refractivity contribution in [1.29, 1.82) is 0 Å². The third kappa shape index (κ3) is 4.27. The van der Waals surface area contributed by atoms with E-state index in [-0.39, 0.29) is 11.7 Å². The van der Waals surface area contributed by atoms with Crippen molar-refractivity contribution in [3.63, 3.8) is 0 Å². The predicted octanol–water partition coefficient (Wildman–Crippen LogP) is 3.07. The molecule has 3 rings (SSSR count). The fraction of sp³-hybridized carbons (Fsp3) is 0.421. The number of amides is 1. The molecule has 1 aromatic heterocycles. The maximum atomic E-state index is 12.7. The SMILES string of the molecule is CCN(C(=O)CSc1nnc(-c2ccccc2OC)n1N)C1=CCCCC1. The van der Waals surface area contributed by atoms with Crippen molar-refractivity contribution in [2.75, 3.05) is 25.3 Å². The molecule has 0 radical (unpaired) electrons. The van der Waals surface area contributed by atoms with Crippen molar-refractivity contribution in [1.82, 2.24) is 19.8 Å². The van der Waals surface area contributed by atoms with E-state index in [4.69, 9.17) is 10.6 Å². The molecule has 0 saturated carbocycles. The number of methoxy groups -OCH3 is 1. The second kappa shape index (κ2) is 8.94. The van der Waals surface area contributed by atoms with E-state index in [1.54, 1.807) is 7.11 Å². The minimum atomic E-state index is 0.0671. The topological polar surface area (TPSA) is 86.3 Å². The van der Waals surface area contributed by atoms with E-state index in [1.165, 1.54) is 22.9 Å². The molecule has 0 bridgehead atoms. The van der Waals surface area contributed by atoms with Crippen LogP contribution in [0.5, 0.6) is 5.75 Å².